The van der Waals surface area contributed by atoms with Crippen molar-refractivity contribution < 1.29 is 14.3 Å². The van der Waals surface area contributed by atoms with Crippen LogP contribution in [-0.2, 0) is 20.7 Å². The van der Waals surface area contributed by atoms with Gasteiger partial charge < -0.3 is 14.2 Å². The molecular formula is C19H22N2O3. The molecule has 1 saturated heterocycles. The Morgan fingerprint density at radius 2 is 1.71 bits per heavy atom. The fourth-order valence-corrected chi connectivity index (χ4v) is 3.20. The number of carbonyl (C=O) groups is 2. The molecule has 126 valence electrons. The van der Waals surface area contributed by atoms with E-state index in [0.717, 1.165) is 24.9 Å². The quantitative estimate of drug-likeness (QED) is 0.643. The molecule has 1 aromatic carbocycles. The minimum Gasteiger partial charge on any atom is -0.462 e. The Hall–Kier alpha value is -2.56. The Kier molecular flexibility index (Phi) is 4.99. The van der Waals surface area contributed by atoms with Crippen LogP contribution in [0.3, 0.4) is 0 Å². The zero-order chi connectivity index (χ0) is 16.9. The Labute approximate surface area is 141 Å². The van der Waals surface area contributed by atoms with Gasteiger partial charge in [-0.25, -0.2) is 4.79 Å². The predicted molar refractivity (Wildman–Crippen MR) is 90.8 cm³/mol. The molecule has 0 N–H and O–H groups in total. The second kappa shape index (κ2) is 7.34. The lowest BCUT2D eigenvalue weighted by Crippen LogP contribution is -2.42. The van der Waals surface area contributed by atoms with Crippen LogP contribution in [0.15, 0.2) is 48.8 Å². The van der Waals surface area contributed by atoms with Crippen LogP contribution in [0.2, 0.25) is 0 Å². The van der Waals surface area contributed by atoms with Gasteiger partial charge in [-0.2, -0.15) is 0 Å². The molecule has 1 fully saturated rings. The summed E-state index contributed by atoms with van der Waals surface area (Å²) in [6, 6.07) is 12.6. The lowest BCUT2D eigenvalue weighted by molar-refractivity contribution is -0.158. The summed E-state index contributed by atoms with van der Waals surface area (Å²) in [5.41, 5.74) is 2.46. The molecule has 0 saturated carbocycles. The number of aromatic nitrogens is 1. The van der Waals surface area contributed by atoms with Crippen LogP contribution in [0.5, 0.6) is 0 Å². The highest BCUT2D eigenvalue weighted by atomic mass is 16.5. The van der Waals surface area contributed by atoms with Gasteiger partial charge in [0.2, 0.25) is 0 Å². The molecule has 1 amide bonds. The smallest absolute Gasteiger partial charge is 0.396 e. The fraction of sp³-hybridized carbons (Fsp3) is 0.368. The van der Waals surface area contributed by atoms with Crippen molar-refractivity contribution in [2.75, 3.05) is 20.2 Å². The second-order valence-electron chi connectivity index (χ2n) is 6.19. The van der Waals surface area contributed by atoms with Crippen molar-refractivity contribution in [2.24, 2.45) is 5.92 Å². The summed E-state index contributed by atoms with van der Waals surface area (Å²) in [6.07, 6.45) is 6.91. The van der Waals surface area contributed by atoms with E-state index >= 15 is 0 Å². The summed E-state index contributed by atoms with van der Waals surface area (Å²) in [7, 11) is 1.24. The molecule has 0 aliphatic carbocycles. The maximum Gasteiger partial charge on any atom is 0.396 e. The van der Waals surface area contributed by atoms with Crippen LogP contribution < -0.4 is 0 Å². The molecule has 1 aliphatic rings. The fourth-order valence-electron chi connectivity index (χ4n) is 3.20. The van der Waals surface area contributed by atoms with Crippen molar-refractivity contribution in [3.8, 4) is 5.69 Å². The molecule has 2 heterocycles. The summed E-state index contributed by atoms with van der Waals surface area (Å²) >= 11 is 0. The van der Waals surface area contributed by atoms with E-state index in [1.54, 1.807) is 4.90 Å². The molecule has 5 nitrogen and oxygen atoms in total. The van der Waals surface area contributed by atoms with Crippen LogP contribution in [0.4, 0.5) is 0 Å². The maximum atomic E-state index is 11.8. The maximum absolute atomic E-state index is 11.8. The Balaban J connectivity index is 1.53. The molecular weight excluding hydrogens is 304 g/mol. The van der Waals surface area contributed by atoms with Crippen LogP contribution >= 0.6 is 0 Å². The number of carbonyl (C=O) groups excluding carboxylic acids is 2. The van der Waals surface area contributed by atoms with E-state index in [1.807, 2.05) is 24.5 Å². The Morgan fingerprint density at radius 1 is 1.08 bits per heavy atom. The van der Waals surface area contributed by atoms with Crippen molar-refractivity contribution in [3.05, 3.63) is 54.4 Å². The van der Waals surface area contributed by atoms with Gasteiger partial charge in [0.15, 0.2) is 0 Å². The topological polar surface area (TPSA) is 51.5 Å². The number of benzene rings is 1. The molecule has 3 rings (SSSR count). The van der Waals surface area contributed by atoms with Gasteiger partial charge in [-0.3, -0.25) is 4.79 Å². The third kappa shape index (κ3) is 3.67. The van der Waals surface area contributed by atoms with Gasteiger partial charge in [0, 0.05) is 31.2 Å². The first kappa shape index (κ1) is 16.3. The molecule has 0 bridgehead atoms. The van der Waals surface area contributed by atoms with Gasteiger partial charge in [-0.05, 0) is 55.0 Å². The van der Waals surface area contributed by atoms with Gasteiger partial charge in [-0.1, -0.05) is 12.1 Å². The standard InChI is InChI=1S/C19H22N2O3/c1-24-19(23)18(22)21-12-8-16(9-13-21)14-15-4-6-17(7-5-15)20-10-2-3-11-20/h2-7,10-11,16H,8-9,12-14H2,1H3. The van der Waals surface area contributed by atoms with Crippen molar-refractivity contribution >= 4 is 11.9 Å². The summed E-state index contributed by atoms with van der Waals surface area (Å²) < 4.78 is 6.58. The highest BCUT2D eigenvalue weighted by Gasteiger charge is 2.27. The number of rotatable bonds is 3. The molecule has 2 aromatic rings. The number of methoxy groups -OCH3 is 1. The molecule has 24 heavy (non-hydrogen) atoms. The zero-order valence-corrected chi connectivity index (χ0v) is 13.9. The Morgan fingerprint density at radius 3 is 2.29 bits per heavy atom. The minimum atomic E-state index is -0.769. The summed E-state index contributed by atoms with van der Waals surface area (Å²) in [5.74, 6) is -0.745. The van der Waals surface area contributed by atoms with Crippen LogP contribution in [0.1, 0.15) is 18.4 Å². The van der Waals surface area contributed by atoms with Crippen molar-refractivity contribution in [1.29, 1.82) is 0 Å². The second-order valence-corrected chi connectivity index (χ2v) is 6.19. The molecule has 1 aromatic heterocycles. The third-order valence-electron chi connectivity index (χ3n) is 4.63. The molecule has 5 heteroatoms. The lowest BCUT2D eigenvalue weighted by atomic mass is 9.90. The minimum absolute atomic E-state index is 0.521. The summed E-state index contributed by atoms with van der Waals surface area (Å²) in [4.78, 5) is 24.7. The zero-order valence-electron chi connectivity index (χ0n) is 13.9. The number of piperidine rings is 1. The number of esters is 1. The van der Waals surface area contributed by atoms with E-state index in [0.29, 0.717) is 19.0 Å². The predicted octanol–water partition coefficient (Wildman–Crippen LogP) is 2.43. The number of hydrogen-bond donors (Lipinski definition) is 0. The normalized spacial score (nSPS) is 15.3. The average molecular weight is 326 g/mol. The molecule has 1 aliphatic heterocycles. The van der Waals surface area contributed by atoms with E-state index in [-0.39, 0.29) is 0 Å². The molecule has 0 spiro atoms. The highest BCUT2D eigenvalue weighted by Crippen LogP contribution is 2.22. The van der Waals surface area contributed by atoms with Crippen LogP contribution in [0.25, 0.3) is 5.69 Å². The van der Waals surface area contributed by atoms with Crippen LogP contribution in [0, 0.1) is 5.92 Å². The summed E-state index contributed by atoms with van der Waals surface area (Å²) in [5, 5.41) is 0. The largest absolute Gasteiger partial charge is 0.462 e. The van der Waals surface area contributed by atoms with Gasteiger partial charge in [0.05, 0.1) is 7.11 Å². The first-order chi connectivity index (χ1) is 11.7. The average Bonchev–Trinajstić information content (AvgIpc) is 3.16. The van der Waals surface area contributed by atoms with E-state index < -0.39 is 11.9 Å². The molecule has 0 atom stereocenters. The van der Waals surface area contributed by atoms with E-state index in [9.17, 15) is 9.59 Å². The van der Waals surface area contributed by atoms with Gasteiger partial charge in [0.1, 0.15) is 0 Å². The van der Waals surface area contributed by atoms with Gasteiger partial charge in [-0.15, -0.1) is 0 Å². The first-order valence-corrected chi connectivity index (χ1v) is 8.27. The number of hydrogen-bond acceptors (Lipinski definition) is 3. The van der Waals surface area contributed by atoms with E-state index in [4.69, 9.17) is 0 Å². The molecule has 0 unspecified atom stereocenters. The van der Waals surface area contributed by atoms with E-state index in [1.165, 1.54) is 12.7 Å². The van der Waals surface area contributed by atoms with Crippen molar-refractivity contribution in [2.45, 2.75) is 19.3 Å². The van der Waals surface area contributed by atoms with Crippen molar-refractivity contribution in [1.82, 2.24) is 9.47 Å². The highest BCUT2D eigenvalue weighted by molar-refractivity contribution is 6.32. The SMILES string of the molecule is COC(=O)C(=O)N1CCC(Cc2ccc(-n3cccc3)cc2)CC1. The summed E-state index contributed by atoms with van der Waals surface area (Å²) in [6.45, 7) is 1.25. The monoisotopic (exact) mass is 326 g/mol. The number of amides is 1. The number of ether oxygens (including phenoxy) is 1. The van der Waals surface area contributed by atoms with Gasteiger partial charge in [0.25, 0.3) is 0 Å². The lowest BCUT2D eigenvalue weighted by Gasteiger charge is -2.31. The number of nitrogens with zero attached hydrogens (tertiary/aromatic N) is 2. The van der Waals surface area contributed by atoms with Crippen LogP contribution in [-0.4, -0.2) is 41.5 Å². The Bertz CT molecular complexity index is 684. The van der Waals surface area contributed by atoms with E-state index in [2.05, 4.69) is 33.6 Å². The van der Waals surface area contributed by atoms with Gasteiger partial charge >= 0.3 is 11.9 Å². The third-order valence-corrected chi connectivity index (χ3v) is 4.63. The number of likely N-dealkylation sites (tertiary alicyclic amines) is 1. The van der Waals surface area contributed by atoms with Crippen molar-refractivity contribution in [3.63, 3.8) is 0 Å². The first-order valence-electron chi connectivity index (χ1n) is 8.27. The molecule has 0 radical (unpaired) electrons.